The van der Waals surface area contributed by atoms with Crippen molar-refractivity contribution in [3.05, 3.63) is 47.1 Å². The van der Waals surface area contributed by atoms with Gasteiger partial charge in [0.05, 0.1) is 12.7 Å². The van der Waals surface area contributed by atoms with E-state index in [-0.39, 0.29) is 11.7 Å². The second-order valence-corrected chi connectivity index (χ2v) is 10.6. The minimum atomic E-state index is -4.59. The number of esters is 1. The number of aromatic nitrogens is 3. The average Bonchev–Trinajstić information content (AvgIpc) is 3.11. The third-order valence-electron chi connectivity index (χ3n) is 5.12. The lowest BCUT2D eigenvalue weighted by atomic mass is 9.99. The minimum Gasteiger partial charge on any atom is -0.461 e. The molecule has 6 atom stereocenters. The van der Waals surface area contributed by atoms with Crippen LogP contribution in [-0.2, 0) is 27.9 Å². The second-order valence-electron chi connectivity index (χ2n) is 8.46. The average molecular weight is 589 g/mol. The van der Waals surface area contributed by atoms with Crippen LogP contribution in [0.5, 0.6) is 5.75 Å². The molecule has 1 aliphatic heterocycles. The number of aliphatic hydroxyl groups is 1. The Bertz CT molecular complexity index is 1320. The highest BCUT2D eigenvalue weighted by Crippen LogP contribution is 2.52. The molecule has 1 fully saturated rings. The van der Waals surface area contributed by atoms with Gasteiger partial charge in [-0.3, -0.25) is 13.6 Å². The standard InChI is InChI=1S/C23H27ClFN4O9P/c1-14(2)35-19(31)15(3)37-39(33,38-16-8-5-4-6-9-16)34-12-17-18(30)23(24,10-7-11-25)20(36-17)29-13-27-21(26)28-22(29)32/h4-6,8-9,13-15,17-18,20,30H,11-12H2,1-3H3,(H2,26,28,32)/t15-,17+,18?,20+,23+,39-/m0/s1. The van der Waals surface area contributed by atoms with E-state index in [2.05, 4.69) is 21.8 Å². The Morgan fingerprint density at radius 1 is 1.36 bits per heavy atom. The molecule has 0 spiro atoms. The summed E-state index contributed by atoms with van der Waals surface area (Å²) >= 11 is 6.55. The van der Waals surface area contributed by atoms with E-state index in [1.165, 1.54) is 19.1 Å². The van der Waals surface area contributed by atoms with E-state index in [0.717, 1.165) is 10.9 Å². The van der Waals surface area contributed by atoms with Gasteiger partial charge in [0.2, 0.25) is 5.95 Å². The van der Waals surface area contributed by atoms with Gasteiger partial charge >= 0.3 is 19.5 Å². The summed E-state index contributed by atoms with van der Waals surface area (Å²) in [5.74, 6) is 3.39. The second kappa shape index (κ2) is 12.9. The van der Waals surface area contributed by atoms with Crippen molar-refractivity contribution >= 4 is 31.3 Å². The summed E-state index contributed by atoms with van der Waals surface area (Å²) < 4.78 is 54.4. The number of ether oxygens (including phenoxy) is 2. The number of carbonyl (C=O) groups is 1. The predicted molar refractivity (Wildman–Crippen MR) is 135 cm³/mol. The highest BCUT2D eigenvalue weighted by molar-refractivity contribution is 7.49. The number of nitrogens with zero attached hydrogens (tertiary/aromatic N) is 3. The molecule has 1 saturated heterocycles. The van der Waals surface area contributed by atoms with E-state index in [1.807, 2.05) is 0 Å². The Morgan fingerprint density at radius 3 is 2.67 bits per heavy atom. The van der Waals surface area contributed by atoms with Crippen molar-refractivity contribution in [3.8, 4) is 17.6 Å². The minimum absolute atomic E-state index is 0.0853. The lowest BCUT2D eigenvalue weighted by molar-refractivity contribution is -0.156. The van der Waals surface area contributed by atoms with Gasteiger partial charge in [-0.1, -0.05) is 41.6 Å². The molecule has 2 heterocycles. The highest BCUT2D eigenvalue weighted by atomic mass is 35.5. The molecule has 1 aromatic carbocycles. The molecule has 0 bridgehead atoms. The molecular weight excluding hydrogens is 562 g/mol. The number of hydrogen-bond donors (Lipinski definition) is 2. The topological polar surface area (TPSA) is 174 Å². The van der Waals surface area contributed by atoms with Crippen molar-refractivity contribution < 1.29 is 41.9 Å². The molecule has 2 aromatic rings. The first-order valence-corrected chi connectivity index (χ1v) is 13.4. The summed E-state index contributed by atoms with van der Waals surface area (Å²) in [5.41, 5.74) is 4.49. The number of aliphatic hydroxyl groups excluding tert-OH is 1. The predicted octanol–water partition coefficient (Wildman–Crippen LogP) is 1.99. The van der Waals surface area contributed by atoms with Crippen LogP contribution in [0.1, 0.15) is 27.0 Å². The van der Waals surface area contributed by atoms with Crippen molar-refractivity contribution in [2.75, 3.05) is 19.0 Å². The largest absolute Gasteiger partial charge is 0.530 e. The zero-order valence-corrected chi connectivity index (χ0v) is 22.8. The number of rotatable bonds is 10. The molecule has 13 nitrogen and oxygen atoms in total. The molecule has 1 unspecified atom stereocenters. The molecule has 0 saturated carbocycles. The summed E-state index contributed by atoms with van der Waals surface area (Å²) in [6, 6.07) is 7.83. The molecular formula is C23H27ClFN4O9P. The van der Waals surface area contributed by atoms with Crippen LogP contribution < -0.4 is 15.9 Å². The van der Waals surface area contributed by atoms with Gasteiger partial charge in [0.15, 0.2) is 17.2 Å². The number of hydrogen-bond acceptors (Lipinski definition) is 12. The van der Waals surface area contributed by atoms with Gasteiger partial charge in [0.1, 0.15) is 31.0 Å². The molecule has 16 heteroatoms. The monoisotopic (exact) mass is 588 g/mol. The first-order chi connectivity index (χ1) is 18.4. The van der Waals surface area contributed by atoms with Gasteiger partial charge in [-0.25, -0.2) is 23.5 Å². The fraction of sp³-hybridized carbons (Fsp3) is 0.478. The number of phosphoric acid groups is 1. The normalized spacial score (nSPS) is 24.8. The lowest BCUT2D eigenvalue weighted by Crippen LogP contribution is -2.43. The highest BCUT2D eigenvalue weighted by Gasteiger charge is 2.57. The smallest absolute Gasteiger partial charge is 0.461 e. The van der Waals surface area contributed by atoms with Crippen molar-refractivity contribution in [1.29, 1.82) is 0 Å². The maximum absolute atomic E-state index is 13.6. The lowest BCUT2D eigenvalue weighted by Gasteiger charge is -2.25. The molecule has 39 heavy (non-hydrogen) atoms. The summed E-state index contributed by atoms with van der Waals surface area (Å²) in [6.07, 6.45) is -5.54. The van der Waals surface area contributed by atoms with Crippen molar-refractivity contribution in [1.82, 2.24) is 14.5 Å². The fourth-order valence-electron chi connectivity index (χ4n) is 3.39. The third kappa shape index (κ3) is 7.54. The summed E-state index contributed by atoms with van der Waals surface area (Å²) in [5, 5.41) is 11.0. The number of para-hydroxylation sites is 1. The van der Waals surface area contributed by atoms with Gasteiger partial charge in [-0.2, -0.15) is 4.98 Å². The number of alkyl halides is 2. The molecule has 212 valence electrons. The van der Waals surface area contributed by atoms with Crippen LogP contribution >= 0.6 is 19.4 Å². The Labute approximate surface area is 228 Å². The van der Waals surface area contributed by atoms with E-state index in [4.69, 9.17) is 40.4 Å². The maximum Gasteiger partial charge on any atom is 0.530 e. The fourth-order valence-corrected chi connectivity index (χ4v) is 5.10. The van der Waals surface area contributed by atoms with Crippen molar-refractivity contribution in [2.24, 2.45) is 0 Å². The number of phosphoric ester groups is 1. The number of nitrogen functional groups attached to an aromatic ring is 1. The van der Waals surface area contributed by atoms with Crippen LogP contribution in [0.3, 0.4) is 0 Å². The van der Waals surface area contributed by atoms with Gasteiger partial charge in [-0.15, -0.1) is 0 Å². The summed E-state index contributed by atoms with van der Waals surface area (Å²) in [4.78, 5) is 29.8. The SMILES string of the molecule is CC(C)OC(=O)[C@H](C)O[P@](=O)(OC[C@H]1O[C@@H](n2cnc(N)nc2=O)[C@@](Cl)(C#CCF)C1O)Oc1ccccc1. The quantitative estimate of drug-likeness (QED) is 0.179. The van der Waals surface area contributed by atoms with E-state index in [9.17, 15) is 23.7 Å². The molecule has 3 rings (SSSR count). The molecule has 3 N–H and O–H groups in total. The van der Waals surface area contributed by atoms with Gasteiger partial charge in [0, 0.05) is 0 Å². The van der Waals surface area contributed by atoms with Crippen LogP contribution in [0.4, 0.5) is 10.3 Å². The Kier molecular flexibility index (Phi) is 10.1. The van der Waals surface area contributed by atoms with Gasteiger partial charge in [0.25, 0.3) is 0 Å². The number of carbonyl (C=O) groups excluding carboxylic acids is 1. The number of nitrogens with two attached hydrogens (primary N) is 1. The van der Waals surface area contributed by atoms with E-state index in [0.29, 0.717) is 0 Å². The van der Waals surface area contributed by atoms with Crippen LogP contribution in [-0.4, -0.2) is 68.2 Å². The van der Waals surface area contributed by atoms with E-state index in [1.54, 1.807) is 32.0 Å². The van der Waals surface area contributed by atoms with Crippen molar-refractivity contribution in [3.63, 3.8) is 0 Å². The van der Waals surface area contributed by atoms with E-state index >= 15 is 0 Å². The first-order valence-electron chi connectivity index (χ1n) is 11.6. The Morgan fingerprint density at radius 2 is 2.05 bits per heavy atom. The van der Waals surface area contributed by atoms with Gasteiger partial charge < -0.3 is 24.8 Å². The van der Waals surface area contributed by atoms with Crippen LogP contribution in [0.25, 0.3) is 0 Å². The zero-order valence-electron chi connectivity index (χ0n) is 21.1. The Hall–Kier alpha value is -3.05. The Balaban J connectivity index is 1.88. The molecule has 1 aromatic heterocycles. The summed E-state index contributed by atoms with van der Waals surface area (Å²) in [7, 11) is -4.59. The summed E-state index contributed by atoms with van der Waals surface area (Å²) in [6.45, 7) is 2.73. The van der Waals surface area contributed by atoms with Crippen LogP contribution in [0.2, 0.25) is 0 Å². The molecule has 0 amide bonds. The van der Waals surface area contributed by atoms with Crippen molar-refractivity contribution in [2.45, 2.75) is 56.3 Å². The van der Waals surface area contributed by atoms with Gasteiger partial charge in [-0.05, 0) is 32.9 Å². The van der Waals surface area contributed by atoms with E-state index < -0.39 is 68.3 Å². The number of benzene rings is 1. The molecule has 1 aliphatic rings. The first kappa shape index (κ1) is 30.5. The van der Waals surface area contributed by atoms with Crippen LogP contribution in [0.15, 0.2) is 41.5 Å². The maximum atomic E-state index is 13.6. The van der Waals surface area contributed by atoms with Crippen LogP contribution in [0, 0.1) is 11.8 Å². The zero-order chi connectivity index (χ0) is 28.8. The number of anilines is 1. The third-order valence-corrected chi connectivity index (χ3v) is 7.10. The number of halogens is 2. The molecule has 0 aliphatic carbocycles. The molecule has 0 radical (unpaired) electrons.